The van der Waals surface area contributed by atoms with Crippen molar-refractivity contribution in [1.82, 2.24) is 5.32 Å². The third-order valence-electron chi connectivity index (χ3n) is 3.97. The lowest BCUT2D eigenvalue weighted by molar-refractivity contribution is -0.144. The molecule has 20 heavy (non-hydrogen) atoms. The standard InChI is InChI=1S/C16H23NO3/c1-16(15(18)19,17-12-14-8-5-11-20-14)10-9-13-6-3-2-4-7-13/h2-4,6-7,14,17H,5,8-12H2,1H3,(H,18,19). The molecule has 1 aromatic rings. The molecule has 0 radical (unpaired) electrons. The van der Waals surface area contributed by atoms with Gasteiger partial charge in [0.1, 0.15) is 5.54 Å². The number of benzene rings is 1. The summed E-state index contributed by atoms with van der Waals surface area (Å²) in [6.45, 7) is 3.16. The predicted octanol–water partition coefficient (Wildman–Crippen LogP) is 2.23. The maximum absolute atomic E-state index is 11.5. The minimum atomic E-state index is -0.901. The van der Waals surface area contributed by atoms with E-state index in [1.54, 1.807) is 6.92 Å². The van der Waals surface area contributed by atoms with Crippen LogP contribution in [0.15, 0.2) is 30.3 Å². The molecule has 1 aliphatic rings. The highest BCUT2D eigenvalue weighted by molar-refractivity contribution is 5.78. The van der Waals surface area contributed by atoms with E-state index in [0.29, 0.717) is 13.0 Å². The second kappa shape index (κ2) is 6.86. The van der Waals surface area contributed by atoms with E-state index in [1.165, 1.54) is 5.56 Å². The molecular formula is C16H23NO3. The van der Waals surface area contributed by atoms with E-state index in [-0.39, 0.29) is 6.10 Å². The first-order chi connectivity index (χ1) is 9.60. The summed E-state index contributed by atoms with van der Waals surface area (Å²) in [5, 5.41) is 12.7. The zero-order valence-corrected chi connectivity index (χ0v) is 12.0. The Balaban J connectivity index is 1.88. The van der Waals surface area contributed by atoms with Gasteiger partial charge in [0.05, 0.1) is 6.10 Å². The number of hydrogen-bond donors (Lipinski definition) is 2. The smallest absolute Gasteiger partial charge is 0.323 e. The van der Waals surface area contributed by atoms with Crippen LogP contribution in [0.25, 0.3) is 0 Å². The van der Waals surface area contributed by atoms with Crippen molar-refractivity contribution in [1.29, 1.82) is 0 Å². The molecule has 0 aromatic heterocycles. The Kier molecular flexibility index (Phi) is 5.15. The van der Waals surface area contributed by atoms with Gasteiger partial charge in [0.15, 0.2) is 0 Å². The minimum absolute atomic E-state index is 0.158. The Labute approximate surface area is 120 Å². The van der Waals surface area contributed by atoms with Gasteiger partial charge in [-0.25, -0.2) is 0 Å². The van der Waals surface area contributed by atoms with Gasteiger partial charge >= 0.3 is 5.97 Å². The number of carbonyl (C=O) groups is 1. The van der Waals surface area contributed by atoms with Crippen LogP contribution in [-0.2, 0) is 16.0 Å². The normalized spacial score (nSPS) is 21.6. The lowest BCUT2D eigenvalue weighted by Gasteiger charge is -2.28. The molecule has 1 aliphatic heterocycles. The van der Waals surface area contributed by atoms with Crippen LogP contribution in [0.2, 0.25) is 0 Å². The molecule has 2 rings (SSSR count). The molecule has 0 bridgehead atoms. The highest BCUT2D eigenvalue weighted by Crippen LogP contribution is 2.17. The molecule has 2 N–H and O–H groups in total. The minimum Gasteiger partial charge on any atom is -0.480 e. The fourth-order valence-corrected chi connectivity index (χ4v) is 2.45. The molecule has 1 heterocycles. The quantitative estimate of drug-likeness (QED) is 0.802. The Bertz CT molecular complexity index is 429. The van der Waals surface area contributed by atoms with E-state index in [9.17, 15) is 9.90 Å². The van der Waals surface area contributed by atoms with Crippen LogP contribution in [0.5, 0.6) is 0 Å². The highest BCUT2D eigenvalue weighted by atomic mass is 16.5. The van der Waals surface area contributed by atoms with Gasteiger partial charge in [0, 0.05) is 13.2 Å². The summed E-state index contributed by atoms with van der Waals surface area (Å²) in [4.78, 5) is 11.5. The summed E-state index contributed by atoms with van der Waals surface area (Å²) in [5.74, 6) is -0.800. The zero-order valence-electron chi connectivity index (χ0n) is 12.0. The van der Waals surface area contributed by atoms with Gasteiger partial charge in [-0.2, -0.15) is 0 Å². The van der Waals surface area contributed by atoms with E-state index in [1.807, 2.05) is 30.3 Å². The highest BCUT2D eigenvalue weighted by Gasteiger charge is 2.33. The number of aliphatic carboxylic acids is 1. The van der Waals surface area contributed by atoms with Crippen molar-refractivity contribution in [2.45, 2.75) is 44.2 Å². The van der Waals surface area contributed by atoms with Crippen LogP contribution in [0.3, 0.4) is 0 Å². The van der Waals surface area contributed by atoms with Crippen molar-refractivity contribution in [2.24, 2.45) is 0 Å². The molecule has 0 saturated carbocycles. The van der Waals surface area contributed by atoms with Gasteiger partial charge < -0.3 is 9.84 Å². The summed E-state index contributed by atoms with van der Waals surface area (Å²) in [6.07, 6.45) is 3.56. The van der Waals surface area contributed by atoms with Gasteiger partial charge in [-0.3, -0.25) is 10.1 Å². The first kappa shape index (κ1) is 15.0. The van der Waals surface area contributed by atoms with E-state index in [0.717, 1.165) is 25.9 Å². The number of carboxylic acids is 1. The predicted molar refractivity (Wildman–Crippen MR) is 77.8 cm³/mol. The topological polar surface area (TPSA) is 58.6 Å². The van der Waals surface area contributed by atoms with Crippen LogP contribution in [-0.4, -0.2) is 35.9 Å². The van der Waals surface area contributed by atoms with Crippen molar-refractivity contribution in [3.63, 3.8) is 0 Å². The first-order valence-corrected chi connectivity index (χ1v) is 7.24. The van der Waals surface area contributed by atoms with Gasteiger partial charge in [-0.05, 0) is 38.2 Å². The maximum atomic E-state index is 11.5. The van der Waals surface area contributed by atoms with Crippen molar-refractivity contribution in [3.8, 4) is 0 Å². The Morgan fingerprint density at radius 1 is 1.45 bits per heavy atom. The summed E-state index contributed by atoms with van der Waals surface area (Å²) in [5.41, 5.74) is 0.265. The third kappa shape index (κ3) is 4.05. The number of rotatable bonds is 7. The average Bonchev–Trinajstić information content (AvgIpc) is 2.97. The fourth-order valence-electron chi connectivity index (χ4n) is 2.45. The van der Waals surface area contributed by atoms with Crippen LogP contribution < -0.4 is 5.32 Å². The number of nitrogens with one attached hydrogen (secondary N) is 1. The average molecular weight is 277 g/mol. The number of ether oxygens (including phenoxy) is 1. The second-order valence-corrected chi connectivity index (χ2v) is 5.64. The molecule has 1 fully saturated rings. The van der Waals surface area contributed by atoms with Gasteiger partial charge in [0.2, 0.25) is 0 Å². The van der Waals surface area contributed by atoms with E-state index in [2.05, 4.69) is 5.32 Å². The Hall–Kier alpha value is -1.39. The lowest BCUT2D eigenvalue weighted by Crippen LogP contribution is -2.52. The second-order valence-electron chi connectivity index (χ2n) is 5.64. The van der Waals surface area contributed by atoms with Crippen LogP contribution in [0.1, 0.15) is 31.7 Å². The van der Waals surface area contributed by atoms with Gasteiger partial charge in [-0.15, -0.1) is 0 Å². The van der Waals surface area contributed by atoms with Gasteiger partial charge in [0.25, 0.3) is 0 Å². The van der Waals surface area contributed by atoms with Crippen LogP contribution in [0.4, 0.5) is 0 Å². The molecule has 110 valence electrons. The molecule has 0 spiro atoms. The van der Waals surface area contributed by atoms with Crippen LogP contribution in [0, 0.1) is 0 Å². The third-order valence-corrected chi connectivity index (χ3v) is 3.97. The summed E-state index contributed by atoms with van der Waals surface area (Å²) in [6, 6.07) is 9.99. The SMILES string of the molecule is CC(CCc1ccccc1)(NCC1CCCO1)C(=O)O. The molecule has 1 saturated heterocycles. The van der Waals surface area contributed by atoms with Crippen molar-refractivity contribution in [3.05, 3.63) is 35.9 Å². The zero-order chi connectivity index (χ0) is 14.4. The molecule has 2 atom stereocenters. The van der Waals surface area contributed by atoms with Gasteiger partial charge in [-0.1, -0.05) is 30.3 Å². The van der Waals surface area contributed by atoms with E-state index < -0.39 is 11.5 Å². The first-order valence-electron chi connectivity index (χ1n) is 7.24. The maximum Gasteiger partial charge on any atom is 0.323 e. The Morgan fingerprint density at radius 2 is 2.20 bits per heavy atom. The summed E-state index contributed by atoms with van der Waals surface area (Å²) >= 11 is 0. The molecule has 2 unspecified atom stereocenters. The molecule has 1 aromatic carbocycles. The van der Waals surface area contributed by atoms with Crippen molar-refractivity contribution in [2.75, 3.05) is 13.2 Å². The molecular weight excluding hydrogens is 254 g/mol. The number of hydrogen-bond acceptors (Lipinski definition) is 3. The summed E-state index contributed by atoms with van der Waals surface area (Å²) in [7, 11) is 0. The molecule has 0 amide bonds. The molecule has 0 aliphatic carbocycles. The van der Waals surface area contributed by atoms with E-state index in [4.69, 9.17) is 4.74 Å². The number of carboxylic acid groups (broad SMARTS) is 1. The lowest BCUT2D eigenvalue weighted by atomic mass is 9.93. The van der Waals surface area contributed by atoms with Crippen molar-refractivity contribution < 1.29 is 14.6 Å². The monoisotopic (exact) mass is 277 g/mol. The fraction of sp³-hybridized carbons (Fsp3) is 0.562. The largest absolute Gasteiger partial charge is 0.480 e. The van der Waals surface area contributed by atoms with Crippen LogP contribution >= 0.6 is 0 Å². The van der Waals surface area contributed by atoms with Crippen molar-refractivity contribution >= 4 is 5.97 Å². The summed E-state index contributed by atoms with van der Waals surface area (Å²) < 4.78 is 5.54. The van der Waals surface area contributed by atoms with E-state index >= 15 is 0 Å². The molecule has 4 nitrogen and oxygen atoms in total. The molecule has 4 heteroatoms. The Morgan fingerprint density at radius 3 is 2.80 bits per heavy atom. The number of aryl methyl sites for hydroxylation is 1.